The summed E-state index contributed by atoms with van der Waals surface area (Å²) in [6.45, 7) is 4.81. The van der Waals surface area contributed by atoms with Crippen LogP contribution in [0.4, 0.5) is 0 Å². The number of amides is 2. The van der Waals surface area contributed by atoms with Crippen molar-refractivity contribution in [3.63, 3.8) is 0 Å². The number of hydrogen-bond acceptors (Lipinski definition) is 3. The number of aromatic nitrogens is 1. The Labute approximate surface area is 160 Å². The number of pyridine rings is 1. The van der Waals surface area contributed by atoms with Crippen LogP contribution in [0.1, 0.15) is 72.1 Å². The normalized spacial score (nSPS) is 18.0. The van der Waals surface area contributed by atoms with Crippen LogP contribution in [-0.2, 0) is 0 Å². The van der Waals surface area contributed by atoms with Gasteiger partial charge < -0.3 is 10.2 Å². The minimum Gasteiger partial charge on any atom is -0.344 e. The molecule has 0 aliphatic carbocycles. The molecule has 1 aromatic heterocycles. The molecule has 2 heterocycles. The fourth-order valence-corrected chi connectivity index (χ4v) is 3.62. The van der Waals surface area contributed by atoms with Crippen molar-refractivity contribution in [1.82, 2.24) is 15.2 Å². The highest BCUT2D eigenvalue weighted by molar-refractivity contribution is 5.96. The molecule has 1 aliphatic rings. The Bertz CT molecular complexity index is 791. The van der Waals surface area contributed by atoms with E-state index in [1.807, 2.05) is 42.2 Å². The van der Waals surface area contributed by atoms with Gasteiger partial charge in [-0.25, -0.2) is 4.98 Å². The van der Waals surface area contributed by atoms with E-state index in [9.17, 15) is 9.59 Å². The molecule has 0 bridgehead atoms. The number of carbonyl (C=O) groups excluding carboxylic acids is 2. The number of piperidine rings is 1. The van der Waals surface area contributed by atoms with Gasteiger partial charge in [0.2, 0.25) is 0 Å². The lowest BCUT2D eigenvalue weighted by Crippen LogP contribution is -2.43. The minimum atomic E-state index is -0.272. The molecule has 0 spiro atoms. The Morgan fingerprint density at radius 3 is 2.59 bits per heavy atom. The van der Waals surface area contributed by atoms with Crippen LogP contribution in [0.5, 0.6) is 0 Å². The number of rotatable bonds is 5. The maximum absolute atomic E-state index is 12.9. The van der Waals surface area contributed by atoms with Gasteiger partial charge in [-0.3, -0.25) is 9.59 Å². The molecule has 1 aromatic carbocycles. The van der Waals surface area contributed by atoms with Gasteiger partial charge in [0.15, 0.2) is 0 Å². The van der Waals surface area contributed by atoms with Crippen LogP contribution in [0, 0.1) is 0 Å². The fraction of sp³-hybridized carbons (Fsp3) is 0.409. The molecule has 2 atom stereocenters. The third-order valence-corrected chi connectivity index (χ3v) is 5.21. The van der Waals surface area contributed by atoms with E-state index in [-0.39, 0.29) is 29.6 Å². The van der Waals surface area contributed by atoms with E-state index in [1.165, 1.54) is 0 Å². The van der Waals surface area contributed by atoms with Crippen molar-refractivity contribution in [3.05, 3.63) is 65.5 Å². The van der Waals surface area contributed by atoms with Crippen molar-refractivity contribution in [2.45, 2.75) is 51.6 Å². The first-order valence-corrected chi connectivity index (χ1v) is 9.74. The summed E-state index contributed by atoms with van der Waals surface area (Å²) in [6, 6.07) is 15.0. The van der Waals surface area contributed by atoms with Gasteiger partial charge >= 0.3 is 0 Å². The van der Waals surface area contributed by atoms with Crippen molar-refractivity contribution in [3.8, 4) is 0 Å². The van der Waals surface area contributed by atoms with Gasteiger partial charge in [-0.1, -0.05) is 43.3 Å². The van der Waals surface area contributed by atoms with E-state index < -0.39 is 0 Å². The second-order valence-corrected chi connectivity index (χ2v) is 7.07. The molecule has 2 unspecified atom stereocenters. The van der Waals surface area contributed by atoms with Gasteiger partial charge in [0.05, 0.1) is 6.04 Å². The Balaban J connectivity index is 1.72. The second-order valence-electron chi connectivity index (χ2n) is 7.07. The van der Waals surface area contributed by atoms with Crippen molar-refractivity contribution in [2.75, 3.05) is 6.54 Å². The van der Waals surface area contributed by atoms with Crippen molar-refractivity contribution in [1.29, 1.82) is 0 Å². The molecule has 3 rings (SSSR count). The Morgan fingerprint density at radius 2 is 1.85 bits per heavy atom. The van der Waals surface area contributed by atoms with Gasteiger partial charge in [0.1, 0.15) is 11.4 Å². The summed E-state index contributed by atoms with van der Waals surface area (Å²) in [5.74, 6) is -0.348. The number of likely N-dealkylation sites (tertiary alicyclic amines) is 1. The largest absolute Gasteiger partial charge is 0.344 e. The highest BCUT2D eigenvalue weighted by Gasteiger charge is 2.27. The van der Waals surface area contributed by atoms with Gasteiger partial charge in [-0.15, -0.1) is 0 Å². The number of nitrogens with one attached hydrogen (secondary N) is 1. The first kappa shape index (κ1) is 19.1. The smallest absolute Gasteiger partial charge is 0.272 e. The van der Waals surface area contributed by atoms with E-state index in [2.05, 4.69) is 17.2 Å². The van der Waals surface area contributed by atoms with E-state index in [0.717, 1.165) is 37.8 Å². The molecule has 2 amide bonds. The van der Waals surface area contributed by atoms with E-state index in [4.69, 9.17) is 0 Å². The average molecular weight is 365 g/mol. The van der Waals surface area contributed by atoms with Crippen LogP contribution in [-0.4, -0.2) is 34.3 Å². The van der Waals surface area contributed by atoms with Crippen molar-refractivity contribution >= 4 is 11.8 Å². The summed E-state index contributed by atoms with van der Waals surface area (Å²) in [7, 11) is 0. The van der Waals surface area contributed by atoms with E-state index in [0.29, 0.717) is 5.69 Å². The topological polar surface area (TPSA) is 62.3 Å². The summed E-state index contributed by atoms with van der Waals surface area (Å²) < 4.78 is 0. The summed E-state index contributed by atoms with van der Waals surface area (Å²) >= 11 is 0. The SMILES string of the molecule is CCC1CCCCN1C(=O)c1cccc(C(=O)NC(C)c2ccccc2)n1. The third-order valence-electron chi connectivity index (χ3n) is 5.21. The van der Waals surface area contributed by atoms with Crippen LogP contribution in [0.3, 0.4) is 0 Å². The van der Waals surface area contributed by atoms with Gasteiger partial charge in [-0.2, -0.15) is 0 Å². The first-order chi connectivity index (χ1) is 13.1. The predicted octanol–water partition coefficient (Wildman–Crippen LogP) is 3.98. The Morgan fingerprint density at radius 1 is 1.11 bits per heavy atom. The zero-order chi connectivity index (χ0) is 19.2. The van der Waals surface area contributed by atoms with Gasteiger partial charge in [0.25, 0.3) is 11.8 Å². The molecular formula is C22H27N3O2. The molecule has 1 N–H and O–H groups in total. The molecule has 0 saturated carbocycles. The highest BCUT2D eigenvalue weighted by atomic mass is 16.2. The quantitative estimate of drug-likeness (QED) is 0.872. The zero-order valence-corrected chi connectivity index (χ0v) is 16.0. The fourth-order valence-electron chi connectivity index (χ4n) is 3.62. The van der Waals surface area contributed by atoms with Crippen LogP contribution < -0.4 is 5.32 Å². The average Bonchev–Trinajstić information content (AvgIpc) is 2.73. The maximum Gasteiger partial charge on any atom is 0.272 e. The molecule has 0 radical (unpaired) electrons. The first-order valence-electron chi connectivity index (χ1n) is 9.74. The summed E-state index contributed by atoms with van der Waals surface area (Å²) in [5, 5.41) is 2.95. The maximum atomic E-state index is 12.9. The van der Waals surface area contributed by atoms with Crippen molar-refractivity contribution < 1.29 is 9.59 Å². The molecule has 1 aliphatic heterocycles. The molecule has 2 aromatic rings. The van der Waals surface area contributed by atoms with Crippen LogP contribution in [0.2, 0.25) is 0 Å². The molecular weight excluding hydrogens is 338 g/mol. The molecule has 27 heavy (non-hydrogen) atoms. The summed E-state index contributed by atoms with van der Waals surface area (Å²) in [6.07, 6.45) is 4.17. The molecule has 142 valence electrons. The number of nitrogens with zero attached hydrogens (tertiary/aromatic N) is 2. The van der Waals surface area contributed by atoms with Crippen LogP contribution in [0.15, 0.2) is 48.5 Å². The van der Waals surface area contributed by atoms with E-state index in [1.54, 1.807) is 18.2 Å². The lowest BCUT2D eigenvalue weighted by atomic mass is 9.99. The second kappa shape index (κ2) is 8.80. The van der Waals surface area contributed by atoms with Crippen molar-refractivity contribution in [2.24, 2.45) is 0 Å². The van der Waals surface area contributed by atoms with E-state index >= 15 is 0 Å². The molecule has 1 saturated heterocycles. The summed E-state index contributed by atoms with van der Waals surface area (Å²) in [4.78, 5) is 31.8. The van der Waals surface area contributed by atoms with Gasteiger partial charge in [-0.05, 0) is 50.3 Å². The monoisotopic (exact) mass is 365 g/mol. The van der Waals surface area contributed by atoms with Crippen LogP contribution >= 0.6 is 0 Å². The Kier molecular flexibility index (Phi) is 6.22. The highest BCUT2D eigenvalue weighted by Crippen LogP contribution is 2.21. The number of benzene rings is 1. The number of hydrogen-bond donors (Lipinski definition) is 1. The minimum absolute atomic E-state index is 0.0766. The summed E-state index contributed by atoms with van der Waals surface area (Å²) in [5.41, 5.74) is 1.64. The number of carbonyl (C=O) groups is 2. The van der Waals surface area contributed by atoms with Gasteiger partial charge in [0, 0.05) is 12.6 Å². The Hall–Kier alpha value is -2.69. The molecule has 5 heteroatoms. The lowest BCUT2D eigenvalue weighted by Gasteiger charge is -2.35. The predicted molar refractivity (Wildman–Crippen MR) is 106 cm³/mol. The lowest BCUT2D eigenvalue weighted by molar-refractivity contribution is 0.0602. The molecule has 5 nitrogen and oxygen atoms in total. The standard InChI is InChI=1S/C22H27N3O2/c1-3-18-12-7-8-15-25(18)22(27)20-14-9-13-19(24-20)21(26)23-16(2)17-10-5-4-6-11-17/h4-6,9-11,13-14,16,18H,3,7-8,12,15H2,1-2H3,(H,23,26). The molecule has 1 fully saturated rings. The van der Waals surface area contributed by atoms with Crippen LogP contribution in [0.25, 0.3) is 0 Å². The zero-order valence-electron chi connectivity index (χ0n) is 16.0. The third kappa shape index (κ3) is 4.54.